The number of hydrogen-bond acceptors (Lipinski definition) is 3. The lowest BCUT2D eigenvalue weighted by molar-refractivity contribution is 0.631. The number of nitriles is 1. The van der Waals surface area contributed by atoms with E-state index in [0.717, 1.165) is 12.0 Å². The number of benzene rings is 1. The average molecular weight is 295 g/mol. The summed E-state index contributed by atoms with van der Waals surface area (Å²) >= 11 is 7.28. The molecule has 0 aliphatic carbocycles. The van der Waals surface area contributed by atoms with E-state index in [4.69, 9.17) is 22.6 Å². The van der Waals surface area contributed by atoms with Gasteiger partial charge in [-0.25, -0.2) is 4.39 Å². The van der Waals surface area contributed by atoms with Crippen molar-refractivity contribution in [3.63, 3.8) is 0 Å². The van der Waals surface area contributed by atoms with Crippen LogP contribution in [-0.2, 0) is 6.42 Å². The van der Waals surface area contributed by atoms with E-state index in [1.54, 1.807) is 12.1 Å². The Morgan fingerprint density at radius 1 is 1.47 bits per heavy atom. The van der Waals surface area contributed by atoms with Crippen molar-refractivity contribution in [3.8, 4) is 16.5 Å². The van der Waals surface area contributed by atoms with Crippen LogP contribution in [0, 0.1) is 17.1 Å². The third-order valence-electron chi connectivity index (χ3n) is 2.84. The van der Waals surface area contributed by atoms with Gasteiger partial charge in [0.15, 0.2) is 0 Å². The van der Waals surface area contributed by atoms with Crippen molar-refractivity contribution in [2.24, 2.45) is 0 Å². The first-order valence-corrected chi connectivity index (χ1v) is 7.05. The summed E-state index contributed by atoms with van der Waals surface area (Å²) in [5, 5.41) is 9.40. The summed E-state index contributed by atoms with van der Waals surface area (Å²) in [7, 11) is 0. The fraction of sp³-hybridized carbons (Fsp3) is 0.214. The highest BCUT2D eigenvalue weighted by molar-refractivity contribution is 7.17. The van der Waals surface area contributed by atoms with E-state index in [0.29, 0.717) is 32.4 Å². The topological polar surface area (TPSA) is 49.8 Å². The van der Waals surface area contributed by atoms with Gasteiger partial charge in [0, 0.05) is 10.4 Å². The summed E-state index contributed by atoms with van der Waals surface area (Å²) in [5.41, 5.74) is 7.56. The number of nitrogens with two attached hydrogens (primary N) is 1. The average Bonchev–Trinajstić information content (AvgIpc) is 2.68. The molecule has 0 aliphatic heterocycles. The number of thiophene rings is 1. The van der Waals surface area contributed by atoms with Gasteiger partial charge < -0.3 is 5.73 Å². The Kier molecular flexibility index (Phi) is 4.08. The molecule has 0 atom stereocenters. The van der Waals surface area contributed by atoms with E-state index in [9.17, 15) is 4.39 Å². The van der Waals surface area contributed by atoms with Crippen molar-refractivity contribution in [3.05, 3.63) is 39.5 Å². The van der Waals surface area contributed by atoms with Crippen LogP contribution in [0.15, 0.2) is 18.2 Å². The number of nitrogens with zero attached hydrogens (tertiary/aromatic N) is 1. The van der Waals surface area contributed by atoms with E-state index >= 15 is 0 Å². The molecule has 5 heteroatoms. The van der Waals surface area contributed by atoms with Gasteiger partial charge in [0.05, 0.1) is 10.7 Å². The van der Waals surface area contributed by atoms with Crippen molar-refractivity contribution in [2.45, 2.75) is 19.8 Å². The largest absolute Gasteiger partial charge is 0.397 e. The van der Waals surface area contributed by atoms with Crippen LogP contribution in [0.5, 0.6) is 0 Å². The molecule has 2 N–H and O–H groups in total. The number of rotatable bonds is 3. The fourth-order valence-corrected chi connectivity index (χ4v) is 3.42. The van der Waals surface area contributed by atoms with Gasteiger partial charge in [0.25, 0.3) is 0 Å². The maximum absolute atomic E-state index is 14.0. The number of anilines is 1. The molecule has 1 heterocycles. The number of halogens is 2. The number of hydrogen-bond donors (Lipinski definition) is 1. The second kappa shape index (κ2) is 5.60. The van der Waals surface area contributed by atoms with Gasteiger partial charge in [-0.2, -0.15) is 5.26 Å². The summed E-state index contributed by atoms with van der Waals surface area (Å²) in [6, 6.07) is 6.61. The first-order chi connectivity index (χ1) is 9.10. The molecule has 0 fully saturated rings. The van der Waals surface area contributed by atoms with Gasteiger partial charge in [0.2, 0.25) is 0 Å². The lowest BCUT2D eigenvalue weighted by Gasteiger charge is -2.07. The van der Waals surface area contributed by atoms with Crippen molar-refractivity contribution < 1.29 is 4.39 Å². The van der Waals surface area contributed by atoms with Crippen molar-refractivity contribution in [1.29, 1.82) is 5.26 Å². The fourth-order valence-electron chi connectivity index (χ4n) is 1.98. The second-order valence-electron chi connectivity index (χ2n) is 4.11. The van der Waals surface area contributed by atoms with Crippen LogP contribution in [0.4, 0.5) is 10.1 Å². The molecule has 2 nitrogen and oxygen atoms in total. The molecular formula is C14H12ClFN2S. The molecule has 0 bridgehead atoms. The minimum Gasteiger partial charge on any atom is -0.397 e. The normalized spacial score (nSPS) is 10.4. The van der Waals surface area contributed by atoms with E-state index in [1.165, 1.54) is 17.4 Å². The van der Waals surface area contributed by atoms with Crippen LogP contribution in [0.1, 0.15) is 23.8 Å². The Bertz CT molecular complexity index is 638. The monoisotopic (exact) mass is 294 g/mol. The smallest absolute Gasteiger partial charge is 0.133 e. The van der Waals surface area contributed by atoms with Gasteiger partial charge in [-0.05, 0) is 24.1 Å². The summed E-state index contributed by atoms with van der Waals surface area (Å²) < 4.78 is 14.0. The zero-order valence-electron chi connectivity index (χ0n) is 10.3. The van der Waals surface area contributed by atoms with Gasteiger partial charge in [0.1, 0.15) is 16.8 Å². The van der Waals surface area contributed by atoms with E-state index < -0.39 is 5.82 Å². The highest BCUT2D eigenvalue weighted by Gasteiger charge is 2.20. The summed E-state index contributed by atoms with van der Waals surface area (Å²) in [6.45, 7) is 2.01. The summed E-state index contributed by atoms with van der Waals surface area (Å²) in [6.07, 6.45) is 1.56. The maximum Gasteiger partial charge on any atom is 0.133 e. The third kappa shape index (κ3) is 2.44. The second-order valence-corrected chi connectivity index (χ2v) is 5.54. The molecule has 1 aromatic carbocycles. The molecule has 0 spiro atoms. The predicted octanol–water partition coefficient (Wildman–Crippen LogP) is 4.61. The molecule has 0 saturated heterocycles. The van der Waals surface area contributed by atoms with Gasteiger partial charge >= 0.3 is 0 Å². The number of nitrogen functional groups attached to an aromatic ring is 1. The van der Waals surface area contributed by atoms with Crippen LogP contribution in [-0.4, -0.2) is 0 Å². The zero-order valence-corrected chi connectivity index (χ0v) is 11.9. The minimum atomic E-state index is -0.393. The van der Waals surface area contributed by atoms with E-state index in [1.807, 2.05) is 6.92 Å². The molecule has 0 radical (unpaired) electrons. The molecule has 1 aromatic heterocycles. The van der Waals surface area contributed by atoms with Crippen molar-refractivity contribution in [1.82, 2.24) is 0 Å². The SMILES string of the molecule is CCCc1c(-c2c(F)cccc2Cl)sc(C#N)c1N. The van der Waals surface area contributed by atoms with Crippen LogP contribution >= 0.6 is 22.9 Å². The highest BCUT2D eigenvalue weighted by Crippen LogP contribution is 2.42. The standard InChI is InChI=1S/C14H12ClFN2S/c1-2-4-8-13(18)11(7-17)19-14(8)12-9(15)5-3-6-10(12)16/h3,5-6H,2,4,18H2,1H3. The zero-order chi connectivity index (χ0) is 14.0. The summed E-state index contributed by atoms with van der Waals surface area (Å²) in [5.74, 6) is -0.393. The first kappa shape index (κ1) is 13.9. The lowest BCUT2D eigenvalue weighted by Crippen LogP contribution is -1.94. The maximum atomic E-state index is 14.0. The molecular weight excluding hydrogens is 283 g/mol. The molecule has 2 rings (SSSR count). The van der Waals surface area contributed by atoms with Crippen molar-refractivity contribution in [2.75, 3.05) is 5.73 Å². The van der Waals surface area contributed by atoms with Crippen LogP contribution < -0.4 is 5.73 Å². The predicted molar refractivity (Wildman–Crippen MR) is 77.8 cm³/mol. The van der Waals surface area contributed by atoms with Gasteiger partial charge in [-0.1, -0.05) is 31.0 Å². The van der Waals surface area contributed by atoms with E-state index in [-0.39, 0.29) is 0 Å². The molecule has 0 aliphatic rings. The molecule has 19 heavy (non-hydrogen) atoms. The minimum absolute atomic E-state index is 0.336. The molecule has 0 amide bonds. The van der Waals surface area contributed by atoms with E-state index in [2.05, 4.69) is 6.07 Å². The van der Waals surface area contributed by atoms with Crippen LogP contribution in [0.25, 0.3) is 10.4 Å². The molecule has 0 unspecified atom stereocenters. The van der Waals surface area contributed by atoms with Gasteiger partial charge in [-0.15, -0.1) is 11.3 Å². The lowest BCUT2D eigenvalue weighted by atomic mass is 10.0. The Balaban J connectivity index is 2.72. The van der Waals surface area contributed by atoms with Gasteiger partial charge in [-0.3, -0.25) is 0 Å². The quantitative estimate of drug-likeness (QED) is 0.898. The Morgan fingerprint density at radius 2 is 2.21 bits per heavy atom. The molecule has 2 aromatic rings. The van der Waals surface area contributed by atoms with Crippen LogP contribution in [0.3, 0.4) is 0 Å². The first-order valence-electron chi connectivity index (χ1n) is 5.85. The van der Waals surface area contributed by atoms with Crippen LogP contribution in [0.2, 0.25) is 5.02 Å². The Hall–Kier alpha value is -1.57. The molecule has 0 saturated carbocycles. The Labute approximate surface area is 120 Å². The molecule has 98 valence electrons. The third-order valence-corrected chi connectivity index (χ3v) is 4.32. The summed E-state index contributed by atoms with van der Waals surface area (Å²) in [4.78, 5) is 1.08. The van der Waals surface area contributed by atoms with Crippen molar-refractivity contribution >= 4 is 28.6 Å². The Morgan fingerprint density at radius 3 is 2.79 bits per heavy atom. The highest BCUT2D eigenvalue weighted by atomic mass is 35.5.